The van der Waals surface area contributed by atoms with Gasteiger partial charge in [-0.2, -0.15) is 0 Å². The minimum absolute atomic E-state index is 0.000000000000000222. The fraction of sp³-hybridized carbons (Fsp3) is 0.714. The molecule has 0 N–H and O–H groups in total. The van der Waals surface area contributed by atoms with E-state index in [1.54, 1.807) is 0 Å². The minimum atomic E-state index is -0.000000000000000222. The Balaban J connectivity index is 2.27. The van der Waals surface area contributed by atoms with Gasteiger partial charge in [-0.3, -0.25) is 4.79 Å². The maximum atomic E-state index is 11.1. The lowest BCUT2D eigenvalue weighted by atomic mass is 10.0. The van der Waals surface area contributed by atoms with E-state index in [9.17, 15) is 4.79 Å². The van der Waals surface area contributed by atoms with Crippen molar-refractivity contribution in [3.63, 3.8) is 0 Å². The SMILES string of the molecule is CC1=NOC2CCC(=O)C12. The van der Waals surface area contributed by atoms with E-state index in [-0.39, 0.29) is 12.0 Å². The highest BCUT2D eigenvalue weighted by Gasteiger charge is 2.42. The minimum Gasteiger partial charge on any atom is -0.391 e. The van der Waals surface area contributed by atoms with Crippen LogP contribution in [0.3, 0.4) is 0 Å². The molecule has 0 saturated heterocycles. The van der Waals surface area contributed by atoms with Gasteiger partial charge >= 0.3 is 0 Å². The maximum absolute atomic E-state index is 11.1. The monoisotopic (exact) mass is 139 g/mol. The highest BCUT2D eigenvalue weighted by molar-refractivity contribution is 6.06. The van der Waals surface area contributed by atoms with Crippen LogP contribution in [0.5, 0.6) is 0 Å². The van der Waals surface area contributed by atoms with Crippen LogP contribution >= 0.6 is 0 Å². The van der Waals surface area contributed by atoms with Crippen molar-refractivity contribution in [2.24, 2.45) is 11.1 Å². The maximum Gasteiger partial charge on any atom is 0.145 e. The Labute approximate surface area is 59.0 Å². The van der Waals surface area contributed by atoms with Crippen molar-refractivity contribution in [3.8, 4) is 0 Å². The Bertz CT molecular complexity index is 210. The van der Waals surface area contributed by atoms with Gasteiger partial charge in [-0.15, -0.1) is 0 Å². The van der Waals surface area contributed by atoms with Crippen LogP contribution in [-0.2, 0) is 9.63 Å². The van der Waals surface area contributed by atoms with E-state index in [1.165, 1.54) is 0 Å². The normalized spacial score (nSPS) is 37.3. The molecule has 2 aliphatic rings. The first kappa shape index (κ1) is 5.89. The highest BCUT2D eigenvalue weighted by Crippen LogP contribution is 2.30. The molecule has 2 atom stereocenters. The summed E-state index contributed by atoms with van der Waals surface area (Å²) in [5.74, 6) is 0.295. The molecule has 2 unspecified atom stereocenters. The van der Waals surface area contributed by atoms with Crippen LogP contribution in [0.1, 0.15) is 19.8 Å². The van der Waals surface area contributed by atoms with Crippen LogP contribution in [-0.4, -0.2) is 17.6 Å². The Morgan fingerprint density at radius 1 is 1.70 bits per heavy atom. The van der Waals surface area contributed by atoms with Gasteiger partial charge in [0, 0.05) is 6.42 Å². The second kappa shape index (κ2) is 1.81. The van der Waals surface area contributed by atoms with E-state index in [0.717, 1.165) is 12.1 Å². The fourth-order valence-electron chi connectivity index (χ4n) is 1.64. The fourth-order valence-corrected chi connectivity index (χ4v) is 1.64. The quantitative estimate of drug-likeness (QED) is 0.496. The average Bonchev–Trinajstić information content (AvgIpc) is 2.40. The second-order valence-electron chi connectivity index (χ2n) is 2.86. The van der Waals surface area contributed by atoms with E-state index in [4.69, 9.17) is 4.84 Å². The molecule has 1 fully saturated rings. The summed E-state index contributed by atoms with van der Waals surface area (Å²) < 4.78 is 0. The van der Waals surface area contributed by atoms with Gasteiger partial charge in [-0.1, -0.05) is 5.16 Å². The largest absolute Gasteiger partial charge is 0.391 e. The molecule has 0 aromatic heterocycles. The predicted octanol–water partition coefficient (Wildman–Crippen LogP) is 0.740. The summed E-state index contributed by atoms with van der Waals surface area (Å²) in [6, 6.07) is 0. The number of ketones is 1. The lowest BCUT2D eigenvalue weighted by molar-refractivity contribution is -0.119. The average molecular weight is 139 g/mol. The van der Waals surface area contributed by atoms with Crippen molar-refractivity contribution in [1.29, 1.82) is 0 Å². The molecule has 0 radical (unpaired) electrons. The van der Waals surface area contributed by atoms with E-state index < -0.39 is 0 Å². The Morgan fingerprint density at radius 3 is 3.20 bits per heavy atom. The third kappa shape index (κ3) is 0.602. The number of oxime groups is 1. The number of fused-ring (bicyclic) bond motifs is 1. The van der Waals surface area contributed by atoms with Crippen LogP contribution in [0.25, 0.3) is 0 Å². The number of nitrogens with zero attached hydrogens (tertiary/aromatic N) is 1. The van der Waals surface area contributed by atoms with Crippen LogP contribution in [0.15, 0.2) is 5.16 Å². The van der Waals surface area contributed by atoms with Gasteiger partial charge < -0.3 is 4.84 Å². The van der Waals surface area contributed by atoms with Gasteiger partial charge in [0.2, 0.25) is 0 Å². The van der Waals surface area contributed by atoms with E-state index >= 15 is 0 Å². The predicted molar refractivity (Wildman–Crippen MR) is 35.7 cm³/mol. The van der Waals surface area contributed by atoms with Gasteiger partial charge in [-0.25, -0.2) is 0 Å². The third-order valence-electron chi connectivity index (χ3n) is 2.18. The molecule has 0 aromatic carbocycles. The van der Waals surface area contributed by atoms with Crippen molar-refractivity contribution in [2.75, 3.05) is 0 Å². The molecule has 3 heteroatoms. The van der Waals surface area contributed by atoms with Crippen LogP contribution in [0, 0.1) is 5.92 Å². The van der Waals surface area contributed by atoms with Gasteiger partial charge in [0.1, 0.15) is 11.9 Å². The number of hydrogen-bond acceptors (Lipinski definition) is 3. The topological polar surface area (TPSA) is 38.7 Å². The number of hydrogen-bond donors (Lipinski definition) is 0. The molecule has 1 aliphatic carbocycles. The third-order valence-corrected chi connectivity index (χ3v) is 2.18. The molecular weight excluding hydrogens is 130 g/mol. The second-order valence-corrected chi connectivity index (χ2v) is 2.86. The number of carbonyl (C=O) groups excluding carboxylic acids is 1. The molecule has 0 spiro atoms. The Kier molecular flexibility index (Phi) is 1.07. The molecular formula is C7H9NO2. The Morgan fingerprint density at radius 2 is 2.50 bits per heavy atom. The smallest absolute Gasteiger partial charge is 0.145 e. The molecule has 1 aliphatic heterocycles. The van der Waals surface area contributed by atoms with Crippen LogP contribution < -0.4 is 0 Å². The zero-order valence-corrected chi connectivity index (χ0v) is 5.83. The lowest BCUT2D eigenvalue weighted by Crippen LogP contribution is -2.20. The van der Waals surface area contributed by atoms with Crippen LogP contribution in [0.4, 0.5) is 0 Å². The molecule has 0 bridgehead atoms. The molecule has 54 valence electrons. The van der Waals surface area contributed by atoms with Gasteiger partial charge in [0.15, 0.2) is 0 Å². The van der Waals surface area contributed by atoms with Crippen molar-refractivity contribution >= 4 is 11.5 Å². The zero-order valence-electron chi connectivity index (χ0n) is 5.83. The number of rotatable bonds is 0. The first-order valence-corrected chi connectivity index (χ1v) is 3.52. The Hall–Kier alpha value is -0.860. The highest BCUT2D eigenvalue weighted by atomic mass is 16.6. The number of Topliss-reactive ketones (excluding diaryl/α,β-unsaturated/α-hetero) is 1. The summed E-state index contributed by atoms with van der Waals surface area (Å²) in [4.78, 5) is 16.1. The summed E-state index contributed by atoms with van der Waals surface area (Å²) in [5, 5.41) is 3.77. The van der Waals surface area contributed by atoms with E-state index in [0.29, 0.717) is 12.2 Å². The van der Waals surface area contributed by atoms with Crippen molar-refractivity contribution < 1.29 is 9.63 Å². The van der Waals surface area contributed by atoms with Crippen molar-refractivity contribution in [1.82, 2.24) is 0 Å². The van der Waals surface area contributed by atoms with E-state index in [1.807, 2.05) is 6.92 Å². The summed E-state index contributed by atoms with van der Waals surface area (Å²) in [7, 11) is 0. The summed E-state index contributed by atoms with van der Waals surface area (Å²) in [6.45, 7) is 1.86. The van der Waals surface area contributed by atoms with Crippen molar-refractivity contribution in [2.45, 2.75) is 25.9 Å². The molecule has 1 saturated carbocycles. The first-order chi connectivity index (χ1) is 4.79. The van der Waals surface area contributed by atoms with Crippen molar-refractivity contribution in [3.05, 3.63) is 0 Å². The molecule has 0 amide bonds. The summed E-state index contributed by atoms with van der Waals surface area (Å²) >= 11 is 0. The molecule has 0 aromatic rings. The molecule has 2 rings (SSSR count). The molecule has 10 heavy (non-hydrogen) atoms. The van der Waals surface area contributed by atoms with Gasteiger partial charge in [-0.05, 0) is 13.3 Å². The van der Waals surface area contributed by atoms with Crippen LogP contribution in [0.2, 0.25) is 0 Å². The summed E-state index contributed by atoms with van der Waals surface area (Å²) in [6.07, 6.45) is 1.60. The van der Waals surface area contributed by atoms with Gasteiger partial charge in [0.05, 0.1) is 11.6 Å². The van der Waals surface area contributed by atoms with E-state index in [2.05, 4.69) is 5.16 Å². The standard InChI is InChI=1S/C7H9NO2/c1-4-7-5(9)2-3-6(7)10-8-4/h6-7H,2-3H2,1H3. The first-order valence-electron chi connectivity index (χ1n) is 3.52. The summed E-state index contributed by atoms with van der Waals surface area (Å²) in [5.41, 5.74) is 0.854. The molecule has 3 nitrogen and oxygen atoms in total. The lowest BCUT2D eigenvalue weighted by Gasteiger charge is -2.03. The van der Waals surface area contributed by atoms with Gasteiger partial charge in [0.25, 0.3) is 0 Å². The number of carbonyl (C=O) groups is 1. The zero-order chi connectivity index (χ0) is 7.14. The molecule has 1 heterocycles.